The number of hydrogen-bond acceptors (Lipinski definition) is 4. The van der Waals surface area contributed by atoms with Crippen LogP contribution in [0, 0.1) is 0 Å². The van der Waals surface area contributed by atoms with Crippen molar-refractivity contribution in [2.24, 2.45) is 4.99 Å². The highest BCUT2D eigenvalue weighted by molar-refractivity contribution is 5.71. The molecule has 2 aliphatic heterocycles. The SMILES string of the molecule is C1=CNC(CNC2CCNC2)N=C1. The third-order valence-electron chi connectivity index (χ3n) is 2.40. The van der Waals surface area contributed by atoms with Crippen LogP contribution in [0.25, 0.3) is 0 Å². The van der Waals surface area contributed by atoms with E-state index in [0.29, 0.717) is 6.04 Å². The van der Waals surface area contributed by atoms with Crippen molar-refractivity contribution in [1.82, 2.24) is 16.0 Å². The monoisotopic (exact) mass is 180 g/mol. The van der Waals surface area contributed by atoms with Gasteiger partial charge >= 0.3 is 0 Å². The van der Waals surface area contributed by atoms with Gasteiger partial charge in [-0.1, -0.05) is 0 Å². The Kier molecular flexibility index (Phi) is 2.94. The summed E-state index contributed by atoms with van der Waals surface area (Å²) in [5.74, 6) is 0. The summed E-state index contributed by atoms with van der Waals surface area (Å²) in [6, 6.07) is 0.628. The largest absolute Gasteiger partial charge is 0.369 e. The van der Waals surface area contributed by atoms with Crippen molar-refractivity contribution in [3.8, 4) is 0 Å². The van der Waals surface area contributed by atoms with Crippen LogP contribution in [-0.4, -0.2) is 38.1 Å². The van der Waals surface area contributed by atoms with E-state index in [9.17, 15) is 0 Å². The van der Waals surface area contributed by atoms with E-state index < -0.39 is 0 Å². The number of rotatable bonds is 3. The molecule has 1 fully saturated rings. The molecule has 0 radical (unpaired) electrons. The predicted octanol–water partition coefficient (Wildman–Crippen LogP) is -0.548. The third kappa shape index (κ3) is 2.54. The topological polar surface area (TPSA) is 48.4 Å². The Bertz CT molecular complexity index is 206. The maximum Gasteiger partial charge on any atom is 0.130 e. The second-order valence-electron chi connectivity index (χ2n) is 3.44. The van der Waals surface area contributed by atoms with Crippen LogP contribution in [-0.2, 0) is 0 Å². The maximum absolute atomic E-state index is 4.28. The molecule has 0 saturated carbocycles. The molecule has 2 unspecified atom stereocenters. The van der Waals surface area contributed by atoms with E-state index in [-0.39, 0.29) is 6.17 Å². The summed E-state index contributed by atoms with van der Waals surface area (Å²) in [5, 5.41) is 9.99. The minimum atomic E-state index is 0.214. The molecule has 2 atom stereocenters. The molecule has 0 aromatic carbocycles. The molecule has 0 aromatic rings. The summed E-state index contributed by atoms with van der Waals surface area (Å²) in [6.07, 6.45) is 7.13. The molecular weight excluding hydrogens is 164 g/mol. The molecule has 13 heavy (non-hydrogen) atoms. The number of nitrogens with one attached hydrogen (secondary N) is 3. The van der Waals surface area contributed by atoms with Crippen LogP contribution >= 0.6 is 0 Å². The van der Waals surface area contributed by atoms with E-state index >= 15 is 0 Å². The first-order valence-electron chi connectivity index (χ1n) is 4.83. The molecular formula is C9H16N4. The molecule has 0 aromatic heterocycles. The summed E-state index contributed by atoms with van der Waals surface area (Å²) in [4.78, 5) is 4.28. The van der Waals surface area contributed by atoms with Crippen molar-refractivity contribution in [2.75, 3.05) is 19.6 Å². The number of allylic oxidation sites excluding steroid dienone is 1. The van der Waals surface area contributed by atoms with Gasteiger partial charge < -0.3 is 16.0 Å². The fraction of sp³-hybridized carbons (Fsp3) is 0.667. The molecule has 4 nitrogen and oxygen atoms in total. The van der Waals surface area contributed by atoms with Gasteiger partial charge in [0.25, 0.3) is 0 Å². The van der Waals surface area contributed by atoms with Crippen molar-refractivity contribution in [2.45, 2.75) is 18.6 Å². The Labute approximate surface area is 78.5 Å². The molecule has 4 heteroatoms. The zero-order valence-corrected chi connectivity index (χ0v) is 7.66. The fourth-order valence-corrected chi connectivity index (χ4v) is 1.63. The van der Waals surface area contributed by atoms with Gasteiger partial charge in [-0.2, -0.15) is 0 Å². The molecule has 2 rings (SSSR count). The molecule has 0 spiro atoms. The van der Waals surface area contributed by atoms with Crippen LogP contribution in [0.3, 0.4) is 0 Å². The summed E-state index contributed by atoms with van der Waals surface area (Å²) in [7, 11) is 0. The minimum absolute atomic E-state index is 0.214. The Morgan fingerprint density at radius 3 is 3.23 bits per heavy atom. The lowest BCUT2D eigenvalue weighted by molar-refractivity contribution is 0.480. The summed E-state index contributed by atoms with van der Waals surface area (Å²) in [5.41, 5.74) is 0. The van der Waals surface area contributed by atoms with E-state index in [1.807, 2.05) is 18.5 Å². The molecule has 2 heterocycles. The van der Waals surface area contributed by atoms with Gasteiger partial charge in [0.1, 0.15) is 6.17 Å². The van der Waals surface area contributed by atoms with Crippen molar-refractivity contribution >= 4 is 6.21 Å². The van der Waals surface area contributed by atoms with E-state index in [0.717, 1.165) is 19.6 Å². The zero-order chi connectivity index (χ0) is 8.93. The van der Waals surface area contributed by atoms with Gasteiger partial charge in [0.2, 0.25) is 0 Å². The Hall–Kier alpha value is -0.870. The highest BCUT2D eigenvalue weighted by Crippen LogP contribution is 1.97. The van der Waals surface area contributed by atoms with Crippen molar-refractivity contribution in [3.63, 3.8) is 0 Å². The van der Waals surface area contributed by atoms with Gasteiger partial charge in [-0.15, -0.1) is 0 Å². The van der Waals surface area contributed by atoms with Gasteiger partial charge in [-0.25, -0.2) is 0 Å². The summed E-state index contributed by atoms with van der Waals surface area (Å²) < 4.78 is 0. The first kappa shape index (κ1) is 8.72. The average molecular weight is 180 g/mol. The number of aliphatic imine (C=N–C) groups is 1. The van der Waals surface area contributed by atoms with Gasteiger partial charge in [0, 0.05) is 25.3 Å². The lowest BCUT2D eigenvalue weighted by atomic mass is 10.2. The van der Waals surface area contributed by atoms with Crippen LogP contribution in [0.15, 0.2) is 17.3 Å². The molecule has 3 N–H and O–H groups in total. The van der Waals surface area contributed by atoms with Gasteiger partial charge in [0.05, 0.1) is 0 Å². The van der Waals surface area contributed by atoms with Crippen LogP contribution < -0.4 is 16.0 Å². The highest BCUT2D eigenvalue weighted by atomic mass is 15.1. The van der Waals surface area contributed by atoms with Crippen LogP contribution in [0.4, 0.5) is 0 Å². The molecule has 2 aliphatic rings. The minimum Gasteiger partial charge on any atom is -0.369 e. The number of nitrogens with zero attached hydrogens (tertiary/aromatic N) is 1. The third-order valence-corrected chi connectivity index (χ3v) is 2.40. The highest BCUT2D eigenvalue weighted by Gasteiger charge is 2.15. The smallest absolute Gasteiger partial charge is 0.130 e. The second-order valence-corrected chi connectivity index (χ2v) is 3.44. The molecule has 0 amide bonds. The predicted molar refractivity (Wildman–Crippen MR) is 53.8 cm³/mol. The van der Waals surface area contributed by atoms with E-state index in [1.165, 1.54) is 6.42 Å². The lowest BCUT2D eigenvalue weighted by Gasteiger charge is -2.18. The quantitative estimate of drug-likeness (QED) is 0.546. The van der Waals surface area contributed by atoms with Crippen molar-refractivity contribution in [3.05, 3.63) is 12.3 Å². The Balaban J connectivity index is 1.67. The average Bonchev–Trinajstić information content (AvgIpc) is 2.69. The van der Waals surface area contributed by atoms with Gasteiger partial charge in [0.15, 0.2) is 0 Å². The van der Waals surface area contributed by atoms with Crippen molar-refractivity contribution < 1.29 is 0 Å². The second kappa shape index (κ2) is 4.39. The molecule has 1 saturated heterocycles. The lowest BCUT2D eigenvalue weighted by Crippen LogP contribution is -2.41. The standard InChI is InChI=1S/C9H16N4/c1-3-11-9(12-4-1)7-13-8-2-5-10-6-8/h1,3-4,8-11,13H,2,5-7H2. The molecule has 0 aliphatic carbocycles. The van der Waals surface area contributed by atoms with Gasteiger partial charge in [-0.3, -0.25) is 4.99 Å². The van der Waals surface area contributed by atoms with Crippen LogP contribution in [0.2, 0.25) is 0 Å². The van der Waals surface area contributed by atoms with E-state index in [4.69, 9.17) is 0 Å². The fourth-order valence-electron chi connectivity index (χ4n) is 1.63. The Morgan fingerprint density at radius 1 is 1.54 bits per heavy atom. The molecule has 72 valence electrons. The van der Waals surface area contributed by atoms with Crippen LogP contribution in [0.1, 0.15) is 6.42 Å². The van der Waals surface area contributed by atoms with E-state index in [2.05, 4.69) is 20.9 Å². The maximum atomic E-state index is 4.28. The molecule has 0 bridgehead atoms. The van der Waals surface area contributed by atoms with Crippen LogP contribution in [0.5, 0.6) is 0 Å². The first-order valence-corrected chi connectivity index (χ1v) is 4.83. The first-order chi connectivity index (χ1) is 6.45. The van der Waals surface area contributed by atoms with Gasteiger partial charge in [-0.05, 0) is 25.2 Å². The summed E-state index contributed by atoms with van der Waals surface area (Å²) in [6.45, 7) is 3.14. The van der Waals surface area contributed by atoms with E-state index in [1.54, 1.807) is 0 Å². The summed E-state index contributed by atoms with van der Waals surface area (Å²) >= 11 is 0. The zero-order valence-electron chi connectivity index (χ0n) is 7.66. The Morgan fingerprint density at radius 2 is 2.54 bits per heavy atom. The normalized spacial score (nSPS) is 32.0. The number of hydrogen-bond donors (Lipinski definition) is 3. The van der Waals surface area contributed by atoms with Crippen molar-refractivity contribution in [1.29, 1.82) is 0 Å².